The fraction of sp³-hybridized carbons (Fsp3) is 0. The monoisotopic (exact) mass is 143 g/mol. The summed E-state index contributed by atoms with van der Waals surface area (Å²) < 4.78 is 12.1. The molecule has 1 aromatic heterocycles. The molecule has 0 spiro atoms. The highest BCUT2D eigenvalue weighted by atomic mass is 19.1. The average molecular weight is 143 g/mol. The maximum atomic E-state index is 12.1. The van der Waals surface area contributed by atoms with E-state index in [1.165, 1.54) is 0 Å². The number of rotatable bonds is 1. The molecule has 0 saturated heterocycles. The van der Waals surface area contributed by atoms with Gasteiger partial charge in [0.15, 0.2) is 0 Å². The van der Waals surface area contributed by atoms with Crippen molar-refractivity contribution in [3.05, 3.63) is 28.3 Å². The molecular formula is C4H2FN3O2. The Bertz CT molecular complexity index is 264. The summed E-state index contributed by atoms with van der Waals surface area (Å²) in [5.41, 5.74) is 0. The van der Waals surface area contributed by atoms with Crippen molar-refractivity contribution in [1.29, 1.82) is 0 Å². The van der Waals surface area contributed by atoms with Gasteiger partial charge in [-0.15, -0.1) is 0 Å². The highest BCUT2D eigenvalue weighted by Crippen LogP contribution is 2.00. The zero-order chi connectivity index (χ0) is 7.56. The van der Waals surface area contributed by atoms with E-state index in [0.717, 1.165) is 12.3 Å². The van der Waals surface area contributed by atoms with Crippen LogP contribution in [0.3, 0.4) is 0 Å². The summed E-state index contributed by atoms with van der Waals surface area (Å²) in [6.45, 7) is 0. The first kappa shape index (κ1) is 6.53. The third-order valence-electron chi connectivity index (χ3n) is 0.772. The van der Waals surface area contributed by atoms with Gasteiger partial charge in [-0.25, -0.2) is 0 Å². The molecule has 0 amide bonds. The molecule has 0 aliphatic carbocycles. The van der Waals surface area contributed by atoms with E-state index >= 15 is 0 Å². The second-order valence-corrected chi connectivity index (χ2v) is 1.44. The first-order chi connectivity index (χ1) is 4.70. The molecule has 0 aromatic carbocycles. The lowest BCUT2D eigenvalue weighted by molar-refractivity contribution is -0.394. The van der Waals surface area contributed by atoms with Gasteiger partial charge in [0.1, 0.15) is 6.20 Å². The second kappa shape index (κ2) is 2.34. The number of aromatic nitrogens is 2. The molecule has 0 fully saturated rings. The molecule has 0 saturated carbocycles. The molecule has 0 aliphatic rings. The van der Waals surface area contributed by atoms with Crippen molar-refractivity contribution >= 4 is 5.95 Å². The van der Waals surface area contributed by atoms with E-state index in [0.29, 0.717) is 0 Å². The lowest BCUT2D eigenvalue weighted by Gasteiger charge is -1.87. The Labute approximate surface area is 54.7 Å². The van der Waals surface area contributed by atoms with Gasteiger partial charge < -0.3 is 10.1 Å². The Morgan fingerprint density at radius 2 is 2.40 bits per heavy atom. The molecule has 0 N–H and O–H groups in total. The van der Waals surface area contributed by atoms with E-state index in [-0.39, 0.29) is 0 Å². The smallest absolute Gasteiger partial charge is 0.390 e. The maximum Gasteiger partial charge on any atom is 0.471 e. The molecule has 0 bridgehead atoms. The molecule has 10 heavy (non-hydrogen) atoms. The molecule has 0 unspecified atom stereocenters. The molecule has 0 radical (unpaired) electrons. The summed E-state index contributed by atoms with van der Waals surface area (Å²) in [4.78, 5) is 15.1. The lowest BCUT2D eigenvalue weighted by atomic mass is 10.6. The van der Waals surface area contributed by atoms with Crippen molar-refractivity contribution in [2.75, 3.05) is 0 Å². The Balaban J connectivity index is 3.07. The van der Waals surface area contributed by atoms with Crippen LogP contribution in [0.5, 0.6) is 0 Å². The number of nitrogens with zero attached hydrogens (tertiary/aromatic N) is 3. The van der Waals surface area contributed by atoms with E-state index in [1.54, 1.807) is 0 Å². The second-order valence-electron chi connectivity index (χ2n) is 1.44. The topological polar surface area (TPSA) is 68.9 Å². The Hall–Kier alpha value is -1.59. The zero-order valence-corrected chi connectivity index (χ0v) is 4.69. The van der Waals surface area contributed by atoms with Gasteiger partial charge in [0.2, 0.25) is 0 Å². The van der Waals surface area contributed by atoms with Crippen molar-refractivity contribution in [2.24, 2.45) is 0 Å². The van der Waals surface area contributed by atoms with E-state index in [4.69, 9.17) is 0 Å². The van der Waals surface area contributed by atoms with Crippen LogP contribution < -0.4 is 0 Å². The highest BCUT2D eigenvalue weighted by molar-refractivity contribution is 5.02. The maximum absolute atomic E-state index is 12.1. The quantitative estimate of drug-likeness (QED) is 0.326. The van der Waals surface area contributed by atoms with E-state index in [9.17, 15) is 14.5 Å². The van der Waals surface area contributed by atoms with Crippen LogP contribution in [-0.4, -0.2) is 14.9 Å². The van der Waals surface area contributed by atoms with Gasteiger partial charge >= 0.3 is 5.95 Å². The van der Waals surface area contributed by atoms with Crippen molar-refractivity contribution < 1.29 is 9.31 Å². The third kappa shape index (κ3) is 1.22. The highest BCUT2D eigenvalue weighted by Gasteiger charge is 2.08. The van der Waals surface area contributed by atoms with Gasteiger partial charge in [0.05, 0.1) is 0 Å². The van der Waals surface area contributed by atoms with Crippen LogP contribution in [0.4, 0.5) is 10.3 Å². The molecule has 5 nitrogen and oxygen atoms in total. The van der Waals surface area contributed by atoms with Crippen molar-refractivity contribution in [1.82, 2.24) is 9.97 Å². The van der Waals surface area contributed by atoms with Crippen LogP contribution in [0.15, 0.2) is 12.3 Å². The van der Waals surface area contributed by atoms with Crippen LogP contribution in [0.25, 0.3) is 0 Å². The SMILES string of the molecule is O=[N+]([O-])c1nccc(F)n1. The minimum Gasteiger partial charge on any atom is -0.390 e. The number of hydrogen-bond acceptors (Lipinski definition) is 4. The van der Waals surface area contributed by atoms with Crippen molar-refractivity contribution in [3.8, 4) is 0 Å². The molecule has 0 aliphatic heterocycles. The molecular weight excluding hydrogens is 141 g/mol. The minimum atomic E-state index is -0.901. The summed E-state index contributed by atoms with van der Waals surface area (Å²) >= 11 is 0. The summed E-state index contributed by atoms with van der Waals surface area (Å²) in [7, 11) is 0. The van der Waals surface area contributed by atoms with Crippen molar-refractivity contribution in [2.45, 2.75) is 0 Å². The normalized spacial score (nSPS) is 9.30. The van der Waals surface area contributed by atoms with E-state index in [1.807, 2.05) is 0 Å². The predicted octanol–water partition coefficient (Wildman–Crippen LogP) is 0.524. The molecule has 1 rings (SSSR count). The van der Waals surface area contributed by atoms with Gasteiger partial charge in [-0.05, 0) is 9.91 Å². The largest absolute Gasteiger partial charge is 0.471 e. The summed E-state index contributed by atoms with van der Waals surface area (Å²) in [5.74, 6) is -1.62. The molecule has 1 aromatic rings. The summed E-state index contributed by atoms with van der Waals surface area (Å²) in [5, 5.41) is 9.87. The van der Waals surface area contributed by atoms with E-state index in [2.05, 4.69) is 9.97 Å². The Kier molecular flexibility index (Phi) is 1.53. The van der Waals surface area contributed by atoms with Crippen LogP contribution >= 0.6 is 0 Å². The number of halogens is 1. The van der Waals surface area contributed by atoms with Crippen molar-refractivity contribution in [3.63, 3.8) is 0 Å². The van der Waals surface area contributed by atoms with E-state index < -0.39 is 16.8 Å². The zero-order valence-electron chi connectivity index (χ0n) is 4.69. The fourth-order valence-corrected chi connectivity index (χ4v) is 0.415. The lowest BCUT2D eigenvalue weighted by Crippen LogP contribution is -1.96. The Morgan fingerprint density at radius 3 is 2.80 bits per heavy atom. The van der Waals surface area contributed by atoms with Crippen LogP contribution in [0, 0.1) is 16.1 Å². The number of hydrogen-bond donors (Lipinski definition) is 0. The average Bonchev–Trinajstić information content (AvgIpc) is 1.88. The minimum absolute atomic E-state index is 0.722. The van der Waals surface area contributed by atoms with Gasteiger partial charge in [0, 0.05) is 6.07 Å². The number of nitro groups is 1. The summed E-state index contributed by atoms with van der Waals surface area (Å²) in [6.07, 6.45) is 0.987. The van der Waals surface area contributed by atoms with Gasteiger partial charge in [0.25, 0.3) is 5.95 Å². The van der Waals surface area contributed by atoms with Gasteiger partial charge in [-0.2, -0.15) is 4.39 Å². The predicted molar refractivity (Wildman–Crippen MR) is 28.6 cm³/mol. The summed E-state index contributed by atoms with van der Waals surface area (Å²) in [6, 6.07) is 0.938. The molecule has 0 atom stereocenters. The standard InChI is InChI=1S/C4H2FN3O2/c5-3-1-2-6-4(7-3)8(9)10/h1-2H. The first-order valence-electron chi connectivity index (χ1n) is 2.33. The van der Waals surface area contributed by atoms with Gasteiger partial charge in [-0.3, -0.25) is 0 Å². The van der Waals surface area contributed by atoms with Crippen LogP contribution in [0.1, 0.15) is 0 Å². The molecule has 1 heterocycles. The third-order valence-corrected chi connectivity index (χ3v) is 0.772. The fourth-order valence-electron chi connectivity index (χ4n) is 0.415. The van der Waals surface area contributed by atoms with Crippen LogP contribution in [-0.2, 0) is 0 Å². The molecule has 52 valence electrons. The first-order valence-corrected chi connectivity index (χ1v) is 2.33. The Morgan fingerprint density at radius 1 is 1.70 bits per heavy atom. The molecule has 6 heteroatoms. The van der Waals surface area contributed by atoms with Crippen LogP contribution in [0.2, 0.25) is 0 Å². The van der Waals surface area contributed by atoms with Gasteiger partial charge in [-0.1, -0.05) is 4.98 Å².